The normalized spacial score (nSPS) is 10.7. The van der Waals surface area contributed by atoms with Gasteiger partial charge in [0.2, 0.25) is 0 Å². The molecule has 2 aromatic rings. The second-order valence-corrected chi connectivity index (χ2v) is 3.87. The van der Waals surface area contributed by atoms with Gasteiger partial charge in [0.25, 0.3) is 0 Å². The van der Waals surface area contributed by atoms with E-state index >= 15 is 0 Å². The lowest BCUT2D eigenvalue weighted by atomic mass is 10.2. The van der Waals surface area contributed by atoms with Crippen molar-refractivity contribution in [3.63, 3.8) is 0 Å². The Bertz CT molecular complexity index is 737. The number of nitriles is 1. The van der Waals surface area contributed by atoms with Crippen molar-refractivity contribution in [2.45, 2.75) is 6.92 Å². The van der Waals surface area contributed by atoms with Crippen molar-refractivity contribution in [2.24, 2.45) is 12.0 Å². The maximum Gasteiger partial charge on any atom is 0.433 e. The summed E-state index contributed by atoms with van der Waals surface area (Å²) < 4.78 is 11.4. The smallest absolute Gasteiger partial charge is 0.433 e. The van der Waals surface area contributed by atoms with Crippen molar-refractivity contribution < 1.29 is 14.1 Å². The first-order valence-electron chi connectivity index (χ1n) is 5.94. The maximum absolute atomic E-state index is 10.6. The Morgan fingerprint density at radius 1 is 1.67 bits per heavy atom. The first-order chi connectivity index (χ1) is 10.1. The molecule has 0 aromatic carbocycles. The number of hydrogen-bond acceptors (Lipinski definition) is 7. The summed E-state index contributed by atoms with van der Waals surface area (Å²) >= 11 is 0. The average molecular weight is 289 g/mol. The molecule has 0 bridgehead atoms. The van der Waals surface area contributed by atoms with Gasteiger partial charge in [-0.2, -0.15) is 15.4 Å². The van der Waals surface area contributed by atoms with E-state index in [1.807, 2.05) is 6.07 Å². The Labute approximate surface area is 119 Å². The topological polar surface area (TPSA) is 119 Å². The fourth-order valence-corrected chi connectivity index (χ4v) is 1.65. The minimum absolute atomic E-state index is 0.131. The van der Waals surface area contributed by atoms with Gasteiger partial charge in [-0.3, -0.25) is 10.1 Å². The molecule has 0 amide bonds. The van der Waals surface area contributed by atoms with E-state index in [2.05, 4.69) is 10.1 Å². The number of aryl methyl sites for hydroxylation is 1. The Balaban J connectivity index is 2.47. The first-order valence-corrected chi connectivity index (χ1v) is 5.94. The van der Waals surface area contributed by atoms with E-state index in [4.69, 9.17) is 9.15 Å². The van der Waals surface area contributed by atoms with Gasteiger partial charge in [0.05, 0.1) is 12.7 Å². The Morgan fingerprint density at radius 2 is 2.43 bits per heavy atom. The van der Waals surface area contributed by atoms with Crippen LogP contribution in [0.1, 0.15) is 12.5 Å². The van der Waals surface area contributed by atoms with Crippen LogP contribution in [0.3, 0.4) is 0 Å². The number of ether oxygens (including phenoxy) is 1. The summed E-state index contributed by atoms with van der Waals surface area (Å²) in [5.41, 5.74) is 0.342. The number of hydrogen-bond donors (Lipinski definition) is 0. The molecule has 0 unspecified atom stereocenters. The Morgan fingerprint density at radius 3 is 3.00 bits per heavy atom. The number of rotatable bonds is 5. The first kappa shape index (κ1) is 14.3. The second-order valence-electron chi connectivity index (χ2n) is 3.87. The van der Waals surface area contributed by atoms with Crippen LogP contribution in [0.5, 0.6) is 0 Å². The molecule has 108 valence electrons. The average Bonchev–Trinajstić information content (AvgIpc) is 3.04. The third-order valence-electron chi connectivity index (χ3n) is 2.55. The van der Waals surface area contributed by atoms with Crippen molar-refractivity contribution in [1.82, 2.24) is 9.78 Å². The molecule has 9 heteroatoms. The summed E-state index contributed by atoms with van der Waals surface area (Å²) in [7, 11) is 1.60. The van der Waals surface area contributed by atoms with Crippen LogP contribution in [0.15, 0.2) is 21.5 Å². The van der Waals surface area contributed by atoms with Crippen LogP contribution < -0.4 is 0 Å². The van der Waals surface area contributed by atoms with Crippen molar-refractivity contribution >= 4 is 18.1 Å². The Hall–Kier alpha value is -3.15. The van der Waals surface area contributed by atoms with Gasteiger partial charge in [0.15, 0.2) is 18.0 Å². The molecule has 0 aliphatic carbocycles. The highest BCUT2D eigenvalue weighted by molar-refractivity contribution is 5.71. The highest BCUT2D eigenvalue weighted by Gasteiger charge is 2.22. The molecular weight excluding hydrogens is 278 g/mol. The third-order valence-corrected chi connectivity index (χ3v) is 2.55. The predicted molar refractivity (Wildman–Crippen MR) is 72.1 cm³/mol. The van der Waals surface area contributed by atoms with Crippen molar-refractivity contribution in [2.75, 3.05) is 6.61 Å². The van der Waals surface area contributed by atoms with E-state index in [1.54, 1.807) is 14.0 Å². The fourth-order valence-electron chi connectivity index (χ4n) is 1.65. The van der Waals surface area contributed by atoms with Gasteiger partial charge in [-0.05, 0) is 13.0 Å². The fraction of sp³-hybridized carbons (Fsp3) is 0.250. The second kappa shape index (κ2) is 5.87. The summed E-state index contributed by atoms with van der Waals surface area (Å²) in [5, 5.41) is 24.0. The largest absolute Gasteiger partial charge is 0.483 e. The number of nitro groups is 1. The van der Waals surface area contributed by atoms with Gasteiger partial charge in [0, 0.05) is 7.05 Å². The van der Waals surface area contributed by atoms with Crippen LogP contribution in [0.2, 0.25) is 0 Å². The molecule has 0 spiro atoms. The van der Waals surface area contributed by atoms with Crippen LogP contribution in [0, 0.1) is 21.4 Å². The molecule has 0 radical (unpaired) electrons. The predicted octanol–water partition coefficient (Wildman–Crippen LogP) is 2.16. The van der Waals surface area contributed by atoms with Gasteiger partial charge in [-0.1, -0.05) is 0 Å². The molecule has 2 heterocycles. The molecule has 0 saturated heterocycles. The van der Waals surface area contributed by atoms with E-state index in [0.717, 1.165) is 0 Å². The zero-order valence-corrected chi connectivity index (χ0v) is 11.3. The zero-order chi connectivity index (χ0) is 15.4. The van der Waals surface area contributed by atoms with Gasteiger partial charge in [-0.25, -0.2) is 4.68 Å². The molecule has 2 aromatic heterocycles. The molecule has 0 N–H and O–H groups in total. The highest BCUT2D eigenvalue weighted by Crippen LogP contribution is 2.32. The monoisotopic (exact) mass is 289 g/mol. The Kier molecular flexibility index (Phi) is 3.99. The SMILES string of the molecule is CCOC=Nc1c(C#N)c(-c2ccc([N+](=O)[O-])o2)nn1C. The van der Waals surface area contributed by atoms with E-state index < -0.39 is 10.8 Å². The lowest BCUT2D eigenvalue weighted by molar-refractivity contribution is -0.401. The number of aliphatic imine (C=N–C) groups is 1. The molecule has 0 atom stereocenters. The van der Waals surface area contributed by atoms with Gasteiger partial charge >= 0.3 is 5.88 Å². The van der Waals surface area contributed by atoms with Crippen LogP contribution in [-0.2, 0) is 11.8 Å². The van der Waals surface area contributed by atoms with Crippen molar-refractivity contribution in [1.29, 1.82) is 5.26 Å². The van der Waals surface area contributed by atoms with E-state index in [1.165, 1.54) is 23.2 Å². The maximum atomic E-state index is 10.6. The number of furan rings is 1. The summed E-state index contributed by atoms with van der Waals surface area (Å²) in [6, 6.07) is 4.56. The quantitative estimate of drug-likeness (QED) is 0.360. The summed E-state index contributed by atoms with van der Waals surface area (Å²) in [6.45, 7) is 2.24. The van der Waals surface area contributed by atoms with E-state index in [-0.39, 0.29) is 22.8 Å². The summed E-state index contributed by atoms with van der Waals surface area (Å²) in [6.07, 6.45) is 1.21. The van der Waals surface area contributed by atoms with Gasteiger partial charge in [0.1, 0.15) is 22.2 Å². The van der Waals surface area contributed by atoms with Crippen LogP contribution in [0.4, 0.5) is 11.7 Å². The molecule has 0 aliphatic rings. The minimum atomic E-state index is -0.660. The third kappa shape index (κ3) is 2.74. The summed E-state index contributed by atoms with van der Waals surface area (Å²) in [5.74, 6) is -0.00868. The minimum Gasteiger partial charge on any atom is -0.483 e. The van der Waals surface area contributed by atoms with E-state index in [0.29, 0.717) is 6.61 Å². The molecule has 2 rings (SSSR count). The lowest BCUT2D eigenvalue weighted by Crippen LogP contribution is -1.91. The van der Waals surface area contributed by atoms with Gasteiger partial charge < -0.3 is 9.15 Å². The molecule has 21 heavy (non-hydrogen) atoms. The van der Waals surface area contributed by atoms with Crippen LogP contribution in [-0.4, -0.2) is 27.7 Å². The molecule has 0 fully saturated rings. The molecule has 0 saturated carbocycles. The van der Waals surface area contributed by atoms with Crippen LogP contribution in [0.25, 0.3) is 11.5 Å². The molecule has 9 nitrogen and oxygen atoms in total. The van der Waals surface area contributed by atoms with Crippen LogP contribution >= 0.6 is 0 Å². The molecular formula is C12H11N5O4. The lowest BCUT2D eigenvalue weighted by Gasteiger charge is -1.94. The standard InChI is InChI=1S/C12H11N5O4/c1-3-20-7-14-12-8(6-13)11(15-16(12)2)9-4-5-10(21-9)17(18)19/h4-5,7H,3H2,1-2H3. The molecule has 0 aliphatic heterocycles. The summed E-state index contributed by atoms with van der Waals surface area (Å²) in [4.78, 5) is 14.0. The van der Waals surface area contributed by atoms with Crippen molar-refractivity contribution in [3.05, 3.63) is 27.8 Å². The van der Waals surface area contributed by atoms with Crippen molar-refractivity contribution in [3.8, 4) is 17.5 Å². The van der Waals surface area contributed by atoms with E-state index in [9.17, 15) is 15.4 Å². The highest BCUT2D eigenvalue weighted by atomic mass is 16.6. The number of nitrogens with zero attached hydrogens (tertiary/aromatic N) is 5. The van der Waals surface area contributed by atoms with Gasteiger partial charge in [-0.15, -0.1) is 0 Å². The number of aromatic nitrogens is 2. The zero-order valence-electron chi connectivity index (χ0n) is 11.3.